The number of ether oxygens (including phenoxy) is 1. The molecular weight excluding hydrogens is 224 g/mol. The van der Waals surface area contributed by atoms with E-state index in [-0.39, 0.29) is 5.78 Å². The second-order valence-electron chi connectivity index (χ2n) is 4.95. The molecule has 1 aromatic carbocycles. The molecule has 0 saturated heterocycles. The minimum Gasteiger partial charge on any atom is -0.493 e. The average molecular weight is 248 g/mol. The van der Waals surface area contributed by atoms with E-state index in [0.29, 0.717) is 12.5 Å². The number of rotatable bonds is 6. The Hall–Kier alpha value is -1.31. The first-order chi connectivity index (χ1) is 8.51. The van der Waals surface area contributed by atoms with E-state index in [1.54, 1.807) is 6.92 Å². The van der Waals surface area contributed by atoms with Crippen LogP contribution in [-0.2, 0) is 6.42 Å². The van der Waals surface area contributed by atoms with Crippen LogP contribution in [0.15, 0.2) is 12.1 Å². The van der Waals surface area contributed by atoms with Gasteiger partial charge in [0.15, 0.2) is 5.78 Å². The molecule has 2 heteroatoms. The highest BCUT2D eigenvalue weighted by molar-refractivity contribution is 5.98. The van der Waals surface area contributed by atoms with Crippen LogP contribution >= 0.6 is 0 Å². The molecule has 0 aromatic heterocycles. The largest absolute Gasteiger partial charge is 0.493 e. The van der Waals surface area contributed by atoms with Gasteiger partial charge in [-0.3, -0.25) is 4.79 Å². The lowest BCUT2D eigenvalue weighted by Crippen LogP contribution is -2.07. The van der Waals surface area contributed by atoms with E-state index in [0.717, 1.165) is 29.7 Å². The Morgan fingerprint density at radius 3 is 2.39 bits per heavy atom. The molecule has 0 fully saturated rings. The summed E-state index contributed by atoms with van der Waals surface area (Å²) in [5, 5.41) is 0. The van der Waals surface area contributed by atoms with Crippen molar-refractivity contribution in [3.8, 4) is 5.75 Å². The van der Waals surface area contributed by atoms with E-state index in [1.165, 1.54) is 5.56 Å². The summed E-state index contributed by atoms with van der Waals surface area (Å²) in [6.07, 6.45) is 1.96. The third-order valence-electron chi connectivity index (χ3n) is 3.04. The fourth-order valence-corrected chi connectivity index (χ4v) is 2.17. The normalized spacial score (nSPS) is 10.8. The van der Waals surface area contributed by atoms with Crippen molar-refractivity contribution in [2.24, 2.45) is 0 Å². The standard InChI is InChI=1S/C16H24O2/c1-6-8-13-9-14(11(3)4)10-15(18-7-2)16(13)12(5)17/h9-11H,6-8H2,1-5H3. The Morgan fingerprint density at radius 1 is 1.28 bits per heavy atom. The highest BCUT2D eigenvalue weighted by atomic mass is 16.5. The van der Waals surface area contributed by atoms with E-state index in [1.807, 2.05) is 13.0 Å². The van der Waals surface area contributed by atoms with Crippen LogP contribution in [0.4, 0.5) is 0 Å². The molecule has 0 aliphatic carbocycles. The Balaban J connectivity index is 3.38. The molecule has 18 heavy (non-hydrogen) atoms. The molecule has 0 amide bonds. The van der Waals surface area contributed by atoms with Gasteiger partial charge >= 0.3 is 0 Å². The van der Waals surface area contributed by atoms with Crippen molar-refractivity contribution in [3.05, 3.63) is 28.8 Å². The highest BCUT2D eigenvalue weighted by Gasteiger charge is 2.16. The minimum atomic E-state index is 0.0946. The van der Waals surface area contributed by atoms with E-state index >= 15 is 0 Å². The van der Waals surface area contributed by atoms with Crippen LogP contribution in [0.25, 0.3) is 0 Å². The SMILES string of the molecule is CCCc1cc(C(C)C)cc(OCC)c1C(C)=O. The highest BCUT2D eigenvalue weighted by Crippen LogP contribution is 2.30. The van der Waals surface area contributed by atoms with Gasteiger partial charge in [-0.1, -0.05) is 33.3 Å². The van der Waals surface area contributed by atoms with Gasteiger partial charge in [-0.15, -0.1) is 0 Å². The predicted molar refractivity (Wildman–Crippen MR) is 75.7 cm³/mol. The third kappa shape index (κ3) is 3.34. The maximum Gasteiger partial charge on any atom is 0.163 e. The van der Waals surface area contributed by atoms with Gasteiger partial charge in [0.1, 0.15) is 5.75 Å². The van der Waals surface area contributed by atoms with Crippen molar-refractivity contribution < 1.29 is 9.53 Å². The first-order valence-electron chi connectivity index (χ1n) is 6.81. The number of carbonyl (C=O) groups is 1. The Kier molecular flexibility index (Phi) is 5.39. The summed E-state index contributed by atoms with van der Waals surface area (Å²) in [6, 6.07) is 4.18. The molecule has 0 N–H and O–H groups in total. The zero-order valence-electron chi connectivity index (χ0n) is 12.2. The van der Waals surface area contributed by atoms with Gasteiger partial charge in [0, 0.05) is 0 Å². The first kappa shape index (κ1) is 14.7. The lowest BCUT2D eigenvalue weighted by molar-refractivity contribution is 0.101. The van der Waals surface area contributed by atoms with E-state index < -0.39 is 0 Å². The van der Waals surface area contributed by atoms with Crippen LogP contribution in [0.2, 0.25) is 0 Å². The monoisotopic (exact) mass is 248 g/mol. The number of ketones is 1. The lowest BCUT2D eigenvalue weighted by Gasteiger charge is -2.17. The number of hydrogen-bond acceptors (Lipinski definition) is 2. The molecule has 0 unspecified atom stereocenters. The molecule has 0 spiro atoms. The molecule has 1 rings (SSSR count). The zero-order valence-corrected chi connectivity index (χ0v) is 12.2. The Morgan fingerprint density at radius 2 is 1.94 bits per heavy atom. The maximum absolute atomic E-state index is 11.8. The quantitative estimate of drug-likeness (QED) is 0.699. The summed E-state index contributed by atoms with van der Waals surface area (Å²) in [5.41, 5.74) is 3.13. The first-order valence-corrected chi connectivity index (χ1v) is 6.81. The second kappa shape index (κ2) is 6.58. The fraction of sp³-hybridized carbons (Fsp3) is 0.562. The number of hydrogen-bond donors (Lipinski definition) is 0. The number of aryl methyl sites for hydroxylation is 1. The summed E-state index contributed by atoms with van der Waals surface area (Å²) in [5.74, 6) is 1.29. The minimum absolute atomic E-state index is 0.0946. The lowest BCUT2D eigenvalue weighted by atomic mass is 9.92. The van der Waals surface area contributed by atoms with Gasteiger partial charge in [-0.2, -0.15) is 0 Å². The van der Waals surface area contributed by atoms with Crippen LogP contribution in [0.5, 0.6) is 5.75 Å². The predicted octanol–water partition coefficient (Wildman–Crippen LogP) is 4.36. The number of Topliss-reactive ketones (excluding diaryl/α,β-unsaturated/α-hetero) is 1. The van der Waals surface area contributed by atoms with Crippen LogP contribution in [0, 0.1) is 0 Å². The second-order valence-corrected chi connectivity index (χ2v) is 4.95. The van der Waals surface area contributed by atoms with Crippen molar-refractivity contribution in [1.29, 1.82) is 0 Å². The fourth-order valence-electron chi connectivity index (χ4n) is 2.17. The zero-order chi connectivity index (χ0) is 13.7. The summed E-state index contributed by atoms with van der Waals surface area (Å²) in [7, 11) is 0. The number of carbonyl (C=O) groups excluding carboxylic acids is 1. The summed E-state index contributed by atoms with van der Waals surface area (Å²) >= 11 is 0. The van der Waals surface area contributed by atoms with Crippen molar-refractivity contribution in [3.63, 3.8) is 0 Å². The number of benzene rings is 1. The summed E-state index contributed by atoms with van der Waals surface area (Å²) < 4.78 is 5.66. The van der Waals surface area contributed by atoms with Crippen LogP contribution in [0.3, 0.4) is 0 Å². The maximum atomic E-state index is 11.8. The van der Waals surface area contributed by atoms with Crippen LogP contribution < -0.4 is 4.74 Å². The molecule has 0 atom stereocenters. The van der Waals surface area contributed by atoms with E-state index in [2.05, 4.69) is 26.8 Å². The molecule has 0 heterocycles. The molecule has 0 saturated carbocycles. The molecular formula is C16H24O2. The molecule has 0 bridgehead atoms. The third-order valence-corrected chi connectivity index (χ3v) is 3.04. The van der Waals surface area contributed by atoms with Crippen molar-refractivity contribution in [2.75, 3.05) is 6.61 Å². The van der Waals surface area contributed by atoms with E-state index in [4.69, 9.17) is 4.74 Å². The van der Waals surface area contributed by atoms with Gasteiger partial charge in [-0.05, 0) is 43.4 Å². The van der Waals surface area contributed by atoms with Crippen LogP contribution in [0.1, 0.15) is 68.4 Å². The molecule has 100 valence electrons. The molecule has 0 radical (unpaired) electrons. The van der Waals surface area contributed by atoms with Gasteiger partial charge in [0.05, 0.1) is 12.2 Å². The summed E-state index contributed by atoms with van der Waals surface area (Å²) in [6.45, 7) is 10.6. The van der Waals surface area contributed by atoms with Crippen molar-refractivity contribution in [2.45, 2.75) is 53.4 Å². The Labute approximate surface area is 110 Å². The molecule has 1 aromatic rings. The van der Waals surface area contributed by atoms with E-state index in [9.17, 15) is 4.79 Å². The van der Waals surface area contributed by atoms with Crippen LogP contribution in [-0.4, -0.2) is 12.4 Å². The van der Waals surface area contributed by atoms with Gasteiger partial charge in [-0.25, -0.2) is 0 Å². The molecule has 2 nitrogen and oxygen atoms in total. The molecule has 0 aliphatic rings. The van der Waals surface area contributed by atoms with Crippen molar-refractivity contribution >= 4 is 5.78 Å². The molecule has 0 aliphatic heterocycles. The van der Waals surface area contributed by atoms with Gasteiger partial charge < -0.3 is 4.74 Å². The smallest absolute Gasteiger partial charge is 0.163 e. The topological polar surface area (TPSA) is 26.3 Å². The Bertz CT molecular complexity index is 392. The average Bonchev–Trinajstić information content (AvgIpc) is 2.28. The van der Waals surface area contributed by atoms with Gasteiger partial charge in [0.2, 0.25) is 0 Å². The van der Waals surface area contributed by atoms with Crippen molar-refractivity contribution in [1.82, 2.24) is 0 Å². The summed E-state index contributed by atoms with van der Waals surface area (Å²) in [4.78, 5) is 11.8. The van der Waals surface area contributed by atoms with Gasteiger partial charge in [0.25, 0.3) is 0 Å².